The highest BCUT2D eigenvalue weighted by molar-refractivity contribution is 6.03. The Balaban J connectivity index is 0.695. The topological polar surface area (TPSA) is 134 Å². The number of nitrogens with zero attached hydrogens (tertiary/aromatic N) is 4. The van der Waals surface area contributed by atoms with Crippen LogP contribution in [0.15, 0.2) is 114 Å². The second-order valence-corrected chi connectivity index (χ2v) is 12.0. The van der Waals surface area contributed by atoms with E-state index < -0.39 is 0 Å². The van der Waals surface area contributed by atoms with E-state index in [9.17, 15) is 4.79 Å². The highest BCUT2D eigenvalue weighted by Crippen LogP contribution is 2.23. The van der Waals surface area contributed by atoms with Gasteiger partial charge in [0.25, 0.3) is 5.91 Å². The number of benzene rings is 3. The van der Waals surface area contributed by atoms with E-state index in [2.05, 4.69) is 62.0 Å². The summed E-state index contributed by atoms with van der Waals surface area (Å²) in [5.41, 5.74) is 5.85. The predicted molar refractivity (Wildman–Crippen MR) is 198 cm³/mol. The molecular weight excluding hydrogens is 660 g/mol. The smallest absolute Gasteiger partial charge is 0.274 e. The van der Waals surface area contributed by atoms with Gasteiger partial charge in [-0.05, 0) is 47.5 Å². The molecule has 0 spiro atoms. The number of rotatable bonds is 19. The Morgan fingerprint density at radius 2 is 1.54 bits per heavy atom. The van der Waals surface area contributed by atoms with Gasteiger partial charge in [0.2, 0.25) is 11.7 Å². The zero-order valence-corrected chi connectivity index (χ0v) is 28.7. The van der Waals surface area contributed by atoms with E-state index in [0.29, 0.717) is 63.6 Å². The van der Waals surface area contributed by atoms with Gasteiger partial charge in [-0.3, -0.25) is 9.20 Å². The monoisotopic (exact) mass is 700 g/mol. The summed E-state index contributed by atoms with van der Waals surface area (Å²) in [7, 11) is 0. The van der Waals surface area contributed by atoms with Gasteiger partial charge in [0.15, 0.2) is 0 Å². The molecule has 1 amide bonds. The predicted octanol–water partition coefficient (Wildman–Crippen LogP) is 6.09. The molecule has 2 N–H and O–H groups in total. The number of ether oxygens (including phenoxy) is 4. The van der Waals surface area contributed by atoms with Crippen LogP contribution in [0.25, 0.3) is 27.8 Å². The molecule has 0 fully saturated rings. The second-order valence-electron chi connectivity index (χ2n) is 12.0. The van der Waals surface area contributed by atoms with Gasteiger partial charge >= 0.3 is 0 Å². The fraction of sp³-hybridized carbons (Fsp3) is 0.250. The van der Waals surface area contributed by atoms with Crippen LogP contribution in [0.5, 0.6) is 5.88 Å². The first-order valence-electron chi connectivity index (χ1n) is 17.3. The lowest BCUT2D eigenvalue weighted by atomic mass is 10.1. The van der Waals surface area contributed by atoms with Crippen LogP contribution >= 0.6 is 0 Å². The van der Waals surface area contributed by atoms with Crippen molar-refractivity contribution in [3.63, 3.8) is 0 Å². The maximum absolute atomic E-state index is 12.8. The molecule has 0 radical (unpaired) electrons. The van der Waals surface area contributed by atoms with Crippen LogP contribution in [-0.2, 0) is 27.2 Å². The van der Waals surface area contributed by atoms with Crippen molar-refractivity contribution in [2.75, 3.05) is 58.1 Å². The van der Waals surface area contributed by atoms with Gasteiger partial charge in [-0.25, -0.2) is 15.0 Å². The fourth-order valence-corrected chi connectivity index (χ4v) is 5.66. The lowest BCUT2D eigenvalue weighted by molar-refractivity contribution is 0.00958. The summed E-state index contributed by atoms with van der Waals surface area (Å²) >= 11 is 0. The molecule has 4 aromatic heterocycles. The maximum atomic E-state index is 12.8. The maximum Gasteiger partial charge on any atom is 0.274 e. The van der Waals surface area contributed by atoms with Crippen molar-refractivity contribution in [2.24, 2.45) is 0 Å². The van der Waals surface area contributed by atoms with Crippen molar-refractivity contribution in [1.82, 2.24) is 24.7 Å². The third-order valence-corrected chi connectivity index (χ3v) is 8.24. The lowest BCUT2D eigenvalue weighted by Gasteiger charge is -2.09. The summed E-state index contributed by atoms with van der Waals surface area (Å²) in [4.78, 5) is 25.9. The average molecular weight is 701 g/mol. The first-order chi connectivity index (χ1) is 25.7. The molecule has 52 heavy (non-hydrogen) atoms. The Morgan fingerprint density at radius 1 is 0.750 bits per heavy atom. The number of para-hydroxylation sites is 2. The third kappa shape index (κ3) is 9.36. The van der Waals surface area contributed by atoms with E-state index in [0.717, 1.165) is 47.3 Å². The van der Waals surface area contributed by atoms with Crippen molar-refractivity contribution in [1.29, 1.82) is 0 Å². The van der Waals surface area contributed by atoms with E-state index in [4.69, 9.17) is 23.4 Å². The van der Waals surface area contributed by atoms with Crippen molar-refractivity contribution in [2.45, 2.75) is 13.0 Å². The zero-order valence-electron chi connectivity index (χ0n) is 28.7. The fourth-order valence-electron chi connectivity index (χ4n) is 5.66. The molecule has 0 saturated carbocycles. The molecule has 0 unspecified atom stereocenters. The molecule has 0 aliphatic heterocycles. The van der Waals surface area contributed by atoms with E-state index in [1.807, 2.05) is 46.9 Å². The molecule has 266 valence electrons. The molecular formula is C40H40N6O6. The first-order valence-corrected chi connectivity index (χ1v) is 17.3. The SMILES string of the molecule is O=C(Nc1ccc(OCCOCCOCCOCCNCc2ccc3cc(Cc4ccccc4)oc3c2)nc1)c1ccn2c(n1)nc1ccccc12. The molecule has 7 aromatic rings. The lowest BCUT2D eigenvalue weighted by Crippen LogP contribution is -2.20. The minimum Gasteiger partial charge on any atom is -0.475 e. The van der Waals surface area contributed by atoms with Gasteiger partial charge in [-0.2, -0.15) is 0 Å². The van der Waals surface area contributed by atoms with Crippen molar-refractivity contribution in [3.05, 3.63) is 132 Å². The number of imidazole rings is 1. The van der Waals surface area contributed by atoms with Crippen LogP contribution in [0.4, 0.5) is 5.69 Å². The molecule has 0 atom stereocenters. The van der Waals surface area contributed by atoms with Gasteiger partial charge in [0.1, 0.15) is 23.6 Å². The summed E-state index contributed by atoms with van der Waals surface area (Å²) in [6, 6.07) is 31.6. The number of pyridine rings is 1. The Labute approximate surface area is 300 Å². The van der Waals surface area contributed by atoms with Crippen LogP contribution in [0, 0.1) is 0 Å². The zero-order chi connectivity index (χ0) is 35.4. The molecule has 0 aliphatic rings. The highest BCUT2D eigenvalue weighted by atomic mass is 16.6. The number of fused-ring (bicyclic) bond motifs is 4. The van der Waals surface area contributed by atoms with E-state index in [1.165, 1.54) is 17.3 Å². The number of nitrogens with one attached hydrogen (secondary N) is 2. The molecule has 4 heterocycles. The van der Waals surface area contributed by atoms with Crippen LogP contribution in [0.3, 0.4) is 0 Å². The van der Waals surface area contributed by atoms with Crippen molar-refractivity contribution in [3.8, 4) is 5.88 Å². The van der Waals surface area contributed by atoms with E-state index in [1.54, 1.807) is 24.4 Å². The van der Waals surface area contributed by atoms with Gasteiger partial charge in [-0.15, -0.1) is 0 Å². The van der Waals surface area contributed by atoms with Crippen molar-refractivity contribution < 1.29 is 28.2 Å². The van der Waals surface area contributed by atoms with Crippen LogP contribution in [0.1, 0.15) is 27.4 Å². The Hall–Kier alpha value is -5.66. The molecule has 7 rings (SSSR count). The summed E-state index contributed by atoms with van der Waals surface area (Å²) in [5.74, 6) is 1.51. The highest BCUT2D eigenvalue weighted by Gasteiger charge is 2.12. The summed E-state index contributed by atoms with van der Waals surface area (Å²) in [6.45, 7) is 4.74. The minimum absolute atomic E-state index is 0.259. The third-order valence-electron chi connectivity index (χ3n) is 8.24. The molecule has 0 aliphatic carbocycles. The van der Waals surface area contributed by atoms with Gasteiger partial charge in [-0.1, -0.05) is 54.6 Å². The van der Waals surface area contributed by atoms with Gasteiger partial charge < -0.3 is 34.0 Å². The molecule has 12 heteroatoms. The summed E-state index contributed by atoms with van der Waals surface area (Å²) in [5, 5.41) is 7.34. The van der Waals surface area contributed by atoms with Crippen LogP contribution in [0.2, 0.25) is 0 Å². The quantitative estimate of drug-likeness (QED) is 0.0956. The number of amides is 1. The molecule has 0 bridgehead atoms. The standard InChI is InChI=1S/C40H40N6O6/c47-39(35-14-16-46-36-9-5-4-8-34(36)44-40(46)45-35)43-32-12-13-38(42-28-32)51-23-22-50-21-20-49-19-18-48-17-15-41-27-30-10-11-31-26-33(52-37(31)25-30)24-29-6-2-1-3-7-29/h1-14,16,25-26,28,41H,15,17-24,27H2,(H,43,47). The Kier molecular flexibility index (Phi) is 11.7. The minimum atomic E-state index is -0.353. The van der Waals surface area contributed by atoms with Crippen LogP contribution < -0.4 is 15.4 Å². The summed E-state index contributed by atoms with van der Waals surface area (Å²) in [6.07, 6.45) is 4.11. The number of aromatic nitrogens is 4. The number of carbonyl (C=O) groups is 1. The molecule has 3 aromatic carbocycles. The number of hydrogen-bond donors (Lipinski definition) is 2. The molecule has 0 saturated heterocycles. The number of carbonyl (C=O) groups excluding carboxylic acids is 1. The Bertz CT molecular complexity index is 2200. The molecule has 12 nitrogen and oxygen atoms in total. The number of anilines is 1. The van der Waals surface area contributed by atoms with Gasteiger partial charge in [0, 0.05) is 37.2 Å². The Morgan fingerprint density at radius 3 is 2.37 bits per heavy atom. The van der Waals surface area contributed by atoms with Crippen molar-refractivity contribution >= 4 is 39.4 Å². The van der Waals surface area contributed by atoms with Crippen LogP contribution in [-0.4, -0.2) is 78.1 Å². The second kappa shape index (κ2) is 17.5. The van der Waals surface area contributed by atoms with E-state index in [-0.39, 0.29) is 11.6 Å². The summed E-state index contributed by atoms with van der Waals surface area (Å²) < 4.78 is 30.4. The average Bonchev–Trinajstić information content (AvgIpc) is 3.76. The number of hydrogen-bond acceptors (Lipinski definition) is 10. The van der Waals surface area contributed by atoms with Gasteiger partial charge in [0.05, 0.1) is 62.6 Å². The first kappa shape index (κ1) is 34.8. The largest absolute Gasteiger partial charge is 0.475 e. The normalized spacial score (nSPS) is 11.5. The van der Waals surface area contributed by atoms with E-state index >= 15 is 0 Å². The number of furan rings is 1.